The Labute approximate surface area is 281 Å². The van der Waals surface area contributed by atoms with E-state index in [2.05, 4.69) is 5.32 Å². The van der Waals surface area contributed by atoms with Crippen LogP contribution in [0.5, 0.6) is 5.75 Å². The number of pyridine rings is 1. The van der Waals surface area contributed by atoms with Gasteiger partial charge in [-0.1, -0.05) is 55.5 Å². The van der Waals surface area contributed by atoms with Crippen LogP contribution in [-0.2, 0) is 17.6 Å². The number of aryl methyl sites for hydroxylation is 1. The van der Waals surface area contributed by atoms with Gasteiger partial charge in [0.1, 0.15) is 5.75 Å². The van der Waals surface area contributed by atoms with Crippen LogP contribution >= 0.6 is 11.6 Å². The summed E-state index contributed by atoms with van der Waals surface area (Å²) in [6.07, 6.45) is 9.64. The molecule has 1 amide bonds. The predicted molar refractivity (Wildman–Crippen MR) is 191 cm³/mol. The molecule has 1 atom stereocenters. The number of anilines is 1. The molecule has 3 N–H and O–H groups in total. The number of carbonyl (C=O) groups is 2. The van der Waals surface area contributed by atoms with Gasteiger partial charge in [-0.2, -0.15) is 0 Å². The van der Waals surface area contributed by atoms with E-state index in [1.807, 2.05) is 49.4 Å². The average molecular weight is 651 g/mol. The number of nitrogens with two attached hydrogens (primary N) is 1. The Morgan fingerprint density at radius 3 is 2.49 bits per heavy atom. The van der Waals surface area contributed by atoms with Crippen molar-refractivity contribution in [2.45, 2.75) is 77.0 Å². The van der Waals surface area contributed by atoms with Crippen LogP contribution in [0.3, 0.4) is 0 Å². The topological polar surface area (TPSA) is 99.2 Å². The summed E-state index contributed by atoms with van der Waals surface area (Å²) in [5.41, 5.74) is 12.6. The Morgan fingerprint density at radius 1 is 0.957 bits per heavy atom. The number of hydrogen-bond donors (Lipinski definition) is 2. The largest absolute Gasteiger partial charge is 0.497 e. The molecule has 2 aromatic heterocycles. The minimum atomic E-state index is -0.496. The van der Waals surface area contributed by atoms with E-state index in [0.717, 1.165) is 108 Å². The molecule has 0 fully saturated rings. The van der Waals surface area contributed by atoms with Gasteiger partial charge in [-0.05, 0) is 112 Å². The lowest BCUT2D eigenvalue weighted by atomic mass is 9.88. The van der Waals surface area contributed by atoms with Gasteiger partial charge in [-0.15, -0.1) is 0 Å². The molecule has 3 aromatic carbocycles. The van der Waals surface area contributed by atoms with Crippen LogP contribution in [-0.4, -0.2) is 35.0 Å². The molecule has 0 saturated carbocycles. The molecule has 0 aliphatic heterocycles. The van der Waals surface area contributed by atoms with Crippen molar-refractivity contribution < 1.29 is 14.3 Å². The molecule has 0 spiro atoms. The maximum atomic E-state index is 14.8. The van der Waals surface area contributed by atoms with E-state index in [1.165, 1.54) is 0 Å². The quantitative estimate of drug-likeness (QED) is 0.132. The summed E-state index contributed by atoms with van der Waals surface area (Å²) in [5.74, 6) is -0.0646. The lowest BCUT2D eigenvalue weighted by Crippen LogP contribution is -2.24. The zero-order valence-electron chi connectivity index (χ0n) is 27.3. The fraction of sp³-hybridized carbons (Fsp3) is 0.359. The van der Waals surface area contributed by atoms with Gasteiger partial charge in [0.05, 0.1) is 29.7 Å². The van der Waals surface area contributed by atoms with E-state index in [0.29, 0.717) is 29.3 Å². The van der Waals surface area contributed by atoms with Gasteiger partial charge in [0.2, 0.25) is 5.91 Å². The molecule has 0 radical (unpaired) electrons. The number of para-hydroxylation sites is 1. The number of ether oxygens (including phenoxy) is 1. The molecule has 0 bridgehead atoms. The van der Waals surface area contributed by atoms with Gasteiger partial charge in [0.15, 0.2) is 0 Å². The van der Waals surface area contributed by atoms with Gasteiger partial charge >= 0.3 is 0 Å². The first kappa shape index (κ1) is 32.7. The van der Waals surface area contributed by atoms with Crippen molar-refractivity contribution in [1.82, 2.24) is 9.55 Å². The number of halogens is 1. The molecule has 7 nitrogen and oxygen atoms in total. The van der Waals surface area contributed by atoms with Crippen molar-refractivity contribution in [3.8, 4) is 5.75 Å². The first-order valence-corrected chi connectivity index (χ1v) is 17.2. The maximum absolute atomic E-state index is 14.8. The number of nitrogens with zero attached hydrogens (tertiary/aromatic N) is 2. The van der Waals surface area contributed by atoms with Gasteiger partial charge in [-0.3, -0.25) is 19.1 Å². The van der Waals surface area contributed by atoms with Crippen LogP contribution in [0.25, 0.3) is 21.8 Å². The zero-order chi connectivity index (χ0) is 32.9. The Bertz CT molecular complexity index is 1910. The minimum absolute atomic E-state index is 0.0694. The highest BCUT2D eigenvalue weighted by Crippen LogP contribution is 2.40. The third-order valence-corrected chi connectivity index (χ3v) is 9.79. The number of methoxy groups -OCH3 is 1. The van der Waals surface area contributed by atoms with Gasteiger partial charge in [0.25, 0.3) is 5.91 Å². The van der Waals surface area contributed by atoms with E-state index in [1.54, 1.807) is 35.9 Å². The summed E-state index contributed by atoms with van der Waals surface area (Å²) in [4.78, 5) is 33.8. The summed E-state index contributed by atoms with van der Waals surface area (Å²) < 4.78 is 7.38. The molecule has 0 saturated heterocycles. The lowest BCUT2D eigenvalue weighted by Gasteiger charge is -2.24. The fourth-order valence-electron chi connectivity index (χ4n) is 7.13. The molecule has 2 heterocycles. The van der Waals surface area contributed by atoms with Crippen molar-refractivity contribution in [3.63, 3.8) is 0 Å². The second kappa shape index (κ2) is 14.7. The van der Waals surface area contributed by atoms with Crippen LogP contribution in [0.15, 0.2) is 66.7 Å². The van der Waals surface area contributed by atoms with Crippen LogP contribution in [0, 0.1) is 6.92 Å². The second-order valence-electron chi connectivity index (χ2n) is 12.6. The van der Waals surface area contributed by atoms with Crippen molar-refractivity contribution >= 4 is 50.9 Å². The van der Waals surface area contributed by atoms with E-state index < -0.39 is 5.92 Å². The Kier molecular flexibility index (Phi) is 10.2. The summed E-state index contributed by atoms with van der Waals surface area (Å²) in [6.45, 7) is 2.64. The van der Waals surface area contributed by atoms with Crippen molar-refractivity contribution in [1.29, 1.82) is 0 Å². The summed E-state index contributed by atoms with van der Waals surface area (Å²) >= 11 is 6.15. The number of unbranched alkanes of at least 4 members (excludes halogenated alkanes) is 4. The third kappa shape index (κ3) is 6.78. The number of hydrogen-bond acceptors (Lipinski definition) is 5. The molecule has 5 aromatic rings. The van der Waals surface area contributed by atoms with E-state index in [-0.39, 0.29) is 11.8 Å². The number of aromatic nitrogens is 2. The first-order valence-electron chi connectivity index (χ1n) is 16.8. The van der Waals surface area contributed by atoms with Gasteiger partial charge in [-0.25, -0.2) is 0 Å². The summed E-state index contributed by atoms with van der Waals surface area (Å²) in [7, 11) is 1.63. The van der Waals surface area contributed by atoms with Crippen molar-refractivity contribution in [3.05, 3.63) is 99.8 Å². The first-order chi connectivity index (χ1) is 22.9. The molecular formula is C39H43ClN4O3. The Balaban J connectivity index is 1.46. The molecular weight excluding hydrogens is 608 g/mol. The summed E-state index contributed by atoms with van der Waals surface area (Å²) in [6, 6.07) is 20.7. The standard InChI is InChI=1S/C39H43ClN4O3/c1-25-36(32-24-28(47-2)21-22-35(32)44(25)39(46)26-17-19-27(40)20-18-26)31(14-6-4-3-5-11-23-41)38(45)43-37-29-12-7-9-15-33(29)42-34-16-10-8-13-30(34)37/h7,9,12,15,17-22,24,31H,3-6,8,10-11,13-14,16,23,41H2,1-2H3,(H,42,43,45). The summed E-state index contributed by atoms with van der Waals surface area (Å²) in [5, 5.41) is 5.80. The predicted octanol–water partition coefficient (Wildman–Crippen LogP) is 8.75. The molecule has 1 aliphatic carbocycles. The second-order valence-corrected chi connectivity index (χ2v) is 13.0. The minimum Gasteiger partial charge on any atom is -0.497 e. The third-order valence-electron chi connectivity index (χ3n) is 9.53. The van der Waals surface area contributed by atoms with E-state index in [4.69, 9.17) is 27.1 Å². The maximum Gasteiger partial charge on any atom is 0.262 e. The number of amides is 1. The highest BCUT2D eigenvalue weighted by molar-refractivity contribution is 6.30. The monoisotopic (exact) mass is 650 g/mol. The normalized spacial score (nSPS) is 13.4. The average Bonchev–Trinajstić information content (AvgIpc) is 3.38. The molecule has 1 aliphatic rings. The number of fused-ring (bicyclic) bond motifs is 3. The number of nitrogens with one attached hydrogen (secondary N) is 1. The highest BCUT2D eigenvalue weighted by atomic mass is 35.5. The van der Waals surface area contributed by atoms with Crippen molar-refractivity contribution in [2.24, 2.45) is 5.73 Å². The highest BCUT2D eigenvalue weighted by Gasteiger charge is 2.31. The molecule has 1 unspecified atom stereocenters. The number of benzene rings is 3. The van der Waals surface area contributed by atoms with E-state index >= 15 is 0 Å². The Morgan fingerprint density at radius 2 is 1.70 bits per heavy atom. The van der Waals surface area contributed by atoms with Crippen LogP contribution in [0.1, 0.15) is 90.2 Å². The van der Waals surface area contributed by atoms with Crippen LogP contribution < -0.4 is 15.8 Å². The van der Waals surface area contributed by atoms with Crippen LogP contribution in [0.2, 0.25) is 5.02 Å². The van der Waals surface area contributed by atoms with Crippen molar-refractivity contribution in [2.75, 3.05) is 19.0 Å². The van der Waals surface area contributed by atoms with Gasteiger partial charge in [0, 0.05) is 32.7 Å². The molecule has 244 valence electrons. The van der Waals surface area contributed by atoms with Crippen LogP contribution in [0.4, 0.5) is 5.69 Å². The number of rotatable bonds is 12. The lowest BCUT2D eigenvalue weighted by molar-refractivity contribution is -0.117. The Hall–Kier alpha value is -4.20. The zero-order valence-corrected chi connectivity index (χ0v) is 28.0. The fourth-order valence-corrected chi connectivity index (χ4v) is 7.25. The molecule has 47 heavy (non-hydrogen) atoms. The molecule has 6 rings (SSSR count). The number of carbonyl (C=O) groups excluding carboxylic acids is 2. The SMILES string of the molecule is COc1ccc2c(c1)c(C(CCCCCCCN)C(=O)Nc1c3c(nc4ccccc14)CCCC3)c(C)n2C(=O)c1ccc(Cl)cc1. The molecule has 8 heteroatoms. The van der Waals surface area contributed by atoms with E-state index in [9.17, 15) is 9.59 Å². The smallest absolute Gasteiger partial charge is 0.262 e. The van der Waals surface area contributed by atoms with Gasteiger partial charge < -0.3 is 15.8 Å².